The van der Waals surface area contributed by atoms with Crippen molar-refractivity contribution < 1.29 is 4.74 Å². The number of halogens is 2. The number of ether oxygens (including phenoxy) is 1. The number of rotatable bonds is 4. The van der Waals surface area contributed by atoms with Gasteiger partial charge < -0.3 is 15.4 Å². The lowest BCUT2D eigenvalue weighted by Crippen LogP contribution is -2.26. The van der Waals surface area contributed by atoms with Gasteiger partial charge in [-0.25, -0.2) is 0 Å². The zero-order valence-electron chi connectivity index (χ0n) is 11.5. The largest absolute Gasteiger partial charge is 0.491 e. The lowest BCUT2D eigenvalue weighted by molar-refractivity contribution is 0.322. The van der Waals surface area contributed by atoms with Gasteiger partial charge in [-0.2, -0.15) is 0 Å². The van der Waals surface area contributed by atoms with Gasteiger partial charge in [0.1, 0.15) is 12.4 Å². The molecule has 1 aliphatic heterocycles. The van der Waals surface area contributed by atoms with Gasteiger partial charge in [0.15, 0.2) is 0 Å². The van der Waals surface area contributed by atoms with E-state index >= 15 is 0 Å². The van der Waals surface area contributed by atoms with E-state index in [-0.39, 0.29) is 0 Å². The minimum Gasteiger partial charge on any atom is -0.491 e. The van der Waals surface area contributed by atoms with Gasteiger partial charge in [-0.05, 0) is 52.2 Å². The fourth-order valence-electron chi connectivity index (χ4n) is 2.65. The van der Waals surface area contributed by atoms with Crippen molar-refractivity contribution in [3.05, 3.63) is 51.5 Å². The van der Waals surface area contributed by atoms with Gasteiger partial charge in [-0.3, -0.25) is 0 Å². The molecule has 5 heteroatoms. The molecule has 0 saturated carbocycles. The molecule has 3 rings (SSSR count). The second-order valence-corrected chi connectivity index (χ2v) is 6.31. The van der Waals surface area contributed by atoms with E-state index in [0.717, 1.165) is 41.1 Å². The maximum absolute atomic E-state index is 6.08. The summed E-state index contributed by atoms with van der Waals surface area (Å²) >= 11 is 9.38. The summed E-state index contributed by atoms with van der Waals surface area (Å²) in [5, 5.41) is 0.690. The average Bonchev–Trinajstić information content (AvgIpc) is 2.86. The van der Waals surface area contributed by atoms with E-state index in [1.165, 1.54) is 5.56 Å². The summed E-state index contributed by atoms with van der Waals surface area (Å²) < 4.78 is 6.69. The highest BCUT2D eigenvalue weighted by atomic mass is 79.9. The molecule has 1 heterocycles. The van der Waals surface area contributed by atoms with Crippen molar-refractivity contribution in [3.63, 3.8) is 0 Å². The zero-order chi connectivity index (χ0) is 14.8. The second kappa shape index (κ2) is 6.16. The third kappa shape index (κ3) is 3.11. The first-order valence-corrected chi connectivity index (χ1v) is 8.02. The van der Waals surface area contributed by atoms with E-state index in [1.54, 1.807) is 0 Å². The van der Waals surface area contributed by atoms with Crippen LogP contribution >= 0.6 is 27.5 Å². The normalized spacial score (nSPS) is 13.3. The van der Waals surface area contributed by atoms with Crippen LogP contribution in [-0.2, 0) is 6.42 Å². The lowest BCUT2D eigenvalue weighted by Gasteiger charge is -2.21. The van der Waals surface area contributed by atoms with Gasteiger partial charge in [-0.1, -0.05) is 23.7 Å². The summed E-state index contributed by atoms with van der Waals surface area (Å²) in [6, 6.07) is 11.6. The Morgan fingerprint density at radius 3 is 2.95 bits per heavy atom. The highest BCUT2D eigenvalue weighted by Gasteiger charge is 2.20. The molecular formula is C16H16BrClN2O. The molecule has 0 spiro atoms. The molecule has 0 saturated heterocycles. The molecule has 0 amide bonds. The molecule has 0 atom stereocenters. The summed E-state index contributed by atoms with van der Waals surface area (Å²) in [7, 11) is 0. The molecule has 21 heavy (non-hydrogen) atoms. The molecule has 110 valence electrons. The van der Waals surface area contributed by atoms with Crippen LogP contribution in [0.1, 0.15) is 5.56 Å². The monoisotopic (exact) mass is 366 g/mol. The Morgan fingerprint density at radius 1 is 1.29 bits per heavy atom. The minimum atomic E-state index is 0.605. The van der Waals surface area contributed by atoms with Crippen LogP contribution in [0.4, 0.5) is 11.4 Å². The molecular weight excluding hydrogens is 352 g/mol. The maximum atomic E-state index is 6.08. The average molecular weight is 368 g/mol. The number of hydrogen-bond acceptors (Lipinski definition) is 3. The number of nitrogens with zero attached hydrogens (tertiary/aromatic N) is 1. The van der Waals surface area contributed by atoms with Crippen LogP contribution in [0.15, 0.2) is 40.9 Å². The Kier molecular flexibility index (Phi) is 4.27. The Hall–Kier alpha value is -1.39. The fraction of sp³-hybridized carbons (Fsp3) is 0.250. The van der Waals surface area contributed by atoms with Crippen molar-refractivity contribution in [1.29, 1.82) is 0 Å². The van der Waals surface area contributed by atoms with E-state index < -0.39 is 0 Å². The molecule has 0 aliphatic carbocycles. The first kappa shape index (κ1) is 14.5. The molecule has 2 N–H and O–H groups in total. The molecule has 0 bridgehead atoms. The first-order valence-electron chi connectivity index (χ1n) is 6.85. The van der Waals surface area contributed by atoms with Gasteiger partial charge in [0.2, 0.25) is 0 Å². The molecule has 2 aromatic rings. The maximum Gasteiger partial charge on any atom is 0.133 e. The van der Waals surface area contributed by atoms with Crippen molar-refractivity contribution in [2.75, 3.05) is 30.3 Å². The van der Waals surface area contributed by atoms with E-state index in [2.05, 4.69) is 26.9 Å². The molecule has 2 aromatic carbocycles. The van der Waals surface area contributed by atoms with Crippen LogP contribution in [0.5, 0.6) is 5.75 Å². The number of nitrogens with two attached hydrogens (primary N) is 1. The Bertz CT molecular complexity index is 663. The molecule has 3 nitrogen and oxygen atoms in total. The van der Waals surface area contributed by atoms with Crippen molar-refractivity contribution in [1.82, 2.24) is 0 Å². The topological polar surface area (TPSA) is 38.5 Å². The Labute approximate surface area is 137 Å². The van der Waals surface area contributed by atoms with Crippen molar-refractivity contribution >= 4 is 38.9 Å². The number of hydrogen-bond donors (Lipinski definition) is 1. The predicted octanol–water partition coefficient (Wildman–Crippen LogP) is 4.13. The van der Waals surface area contributed by atoms with Crippen molar-refractivity contribution in [2.45, 2.75) is 6.42 Å². The van der Waals surface area contributed by atoms with Gasteiger partial charge in [0.25, 0.3) is 0 Å². The van der Waals surface area contributed by atoms with Crippen LogP contribution in [0.2, 0.25) is 5.02 Å². The number of benzene rings is 2. The van der Waals surface area contributed by atoms with E-state index in [0.29, 0.717) is 11.6 Å². The summed E-state index contributed by atoms with van der Waals surface area (Å²) in [6.45, 7) is 2.42. The van der Waals surface area contributed by atoms with Crippen molar-refractivity contribution in [3.8, 4) is 5.75 Å². The number of fused-ring (bicyclic) bond motifs is 1. The summed E-state index contributed by atoms with van der Waals surface area (Å²) in [6.07, 6.45) is 1.05. The standard InChI is InChI=1S/C16H16BrClN2O/c17-13-10-12(18)4-5-15(13)21-9-8-20-7-6-11-2-1-3-14(19)16(11)20/h1-5,10H,6-9,19H2. The number of para-hydroxylation sites is 1. The van der Waals surface area contributed by atoms with Crippen molar-refractivity contribution in [2.24, 2.45) is 0 Å². The molecule has 0 radical (unpaired) electrons. The predicted molar refractivity (Wildman–Crippen MR) is 91.4 cm³/mol. The van der Waals surface area contributed by atoms with Gasteiger partial charge in [0.05, 0.1) is 22.4 Å². The van der Waals surface area contributed by atoms with Gasteiger partial charge >= 0.3 is 0 Å². The second-order valence-electron chi connectivity index (χ2n) is 5.02. The van der Waals surface area contributed by atoms with Crippen LogP contribution in [0.25, 0.3) is 0 Å². The molecule has 0 fully saturated rings. The first-order chi connectivity index (χ1) is 10.1. The van der Waals surface area contributed by atoms with E-state index in [1.807, 2.05) is 30.3 Å². The van der Waals surface area contributed by atoms with Crippen LogP contribution in [0.3, 0.4) is 0 Å². The highest BCUT2D eigenvalue weighted by Crippen LogP contribution is 2.33. The van der Waals surface area contributed by atoms with Crippen LogP contribution in [0, 0.1) is 0 Å². The van der Waals surface area contributed by atoms with Gasteiger partial charge in [0, 0.05) is 11.6 Å². The third-order valence-corrected chi connectivity index (χ3v) is 4.49. The quantitative estimate of drug-likeness (QED) is 0.826. The fourth-order valence-corrected chi connectivity index (χ4v) is 3.44. The third-order valence-electron chi connectivity index (χ3n) is 3.63. The Morgan fingerprint density at radius 2 is 2.14 bits per heavy atom. The Balaban J connectivity index is 1.63. The smallest absolute Gasteiger partial charge is 0.133 e. The lowest BCUT2D eigenvalue weighted by atomic mass is 10.1. The van der Waals surface area contributed by atoms with E-state index in [9.17, 15) is 0 Å². The molecule has 0 unspecified atom stereocenters. The zero-order valence-corrected chi connectivity index (χ0v) is 13.8. The summed E-state index contributed by atoms with van der Waals surface area (Å²) in [5.74, 6) is 0.805. The molecule has 1 aliphatic rings. The summed E-state index contributed by atoms with van der Waals surface area (Å²) in [5.41, 5.74) is 9.41. The van der Waals surface area contributed by atoms with Gasteiger partial charge in [-0.15, -0.1) is 0 Å². The van der Waals surface area contributed by atoms with E-state index in [4.69, 9.17) is 22.1 Å². The summed E-state index contributed by atoms with van der Waals surface area (Å²) in [4.78, 5) is 2.29. The number of nitrogen functional groups attached to an aromatic ring is 1. The van der Waals surface area contributed by atoms with Crippen LogP contribution in [-0.4, -0.2) is 19.7 Å². The minimum absolute atomic E-state index is 0.605. The van der Waals surface area contributed by atoms with Crippen LogP contribution < -0.4 is 15.4 Å². The molecule has 0 aromatic heterocycles. The SMILES string of the molecule is Nc1cccc2c1N(CCOc1ccc(Cl)cc1Br)CC2. The highest BCUT2D eigenvalue weighted by molar-refractivity contribution is 9.10. The number of anilines is 2.